The molecule has 0 unspecified atom stereocenters. The average molecular weight is 302 g/mol. The maximum atomic E-state index is 11.8. The summed E-state index contributed by atoms with van der Waals surface area (Å²) >= 11 is 11.4. The molecule has 0 spiro atoms. The zero-order valence-electron chi connectivity index (χ0n) is 8.85. The van der Waals surface area contributed by atoms with E-state index in [1.807, 2.05) is 0 Å². The van der Waals surface area contributed by atoms with E-state index in [2.05, 4.69) is 0 Å². The fourth-order valence-electron chi connectivity index (χ4n) is 1.02. The quantitative estimate of drug-likeness (QED) is 0.868. The minimum Gasteiger partial charge on any atom is -0.490 e. The highest BCUT2D eigenvalue weighted by atomic mass is 35.5. The highest BCUT2D eigenvalue weighted by molar-refractivity contribution is 6.35. The Labute approximate surface area is 111 Å². The molecule has 0 heterocycles. The van der Waals surface area contributed by atoms with E-state index < -0.39 is 12.1 Å². The molecular formula is C10H8Cl2F3NO2. The minimum atomic E-state index is -4.89. The molecule has 18 heavy (non-hydrogen) atoms. The van der Waals surface area contributed by atoms with E-state index >= 15 is 0 Å². The van der Waals surface area contributed by atoms with Gasteiger partial charge in [-0.15, -0.1) is 0 Å². The number of hydrogen-bond acceptors (Lipinski definition) is 2. The van der Waals surface area contributed by atoms with Gasteiger partial charge < -0.3 is 10.1 Å². The Balaban J connectivity index is 2.36. The van der Waals surface area contributed by atoms with E-state index in [1.165, 1.54) is 18.2 Å². The van der Waals surface area contributed by atoms with E-state index in [0.717, 1.165) is 0 Å². The largest absolute Gasteiger partial charge is 0.490 e. The molecule has 8 heteroatoms. The number of amides is 1. The van der Waals surface area contributed by atoms with Crippen molar-refractivity contribution in [1.29, 1.82) is 0 Å². The van der Waals surface area contributed by atoms with Crippen LogP contribution < -0.4 is 10.1 Å². The van der Waals surface area contributed by atoms with Crippen LogP contribution in [0.25, 0.3) is 0 Å². The normalized spacial score (nSPS) is 11.2. The molecule has 1 aromatic rings. The van der Waals surface area contributed by atoms with Gasteiger partial charge in [0.15, 0.2) is 0 Å². The molecule has 0 aliphatic heterocycles. The second kappa shape index (κ2) is 6.15. The molecule has 0 aliphatic carbocycles. The van der Waals surface area contributed by atoms with Gasteiger partial charge >= 0.3 is 12.1 Å². The summed E-state index contributed by atoms with van der Waals surface area (Å²) < 4.78 is 40.5. The van der Waals surface area contributed by atoms with E-state index in [4.69, 9.17) is 27.9 Å². The molecular weight excluding hydrogens is 294 g/mol. The smallest absolute Gasteiger partial charge is 0.471 e. The van der Waals surface area contributed by atoms with Crippen molar-refractivity contribution in [1.82, 2.24) is 5.32 Å². The second-order valence-electron chi connectivity index (χ2n) is 3.18. The number of nitrogens with one attached hydrogen (secondary N) is 1. The third kappa shape index (κ3) is 4.62. The van der Waals surface area contributed by atoms with Crippen LogP contribution in [-0.4, -0.2) is 25.2 Å². The number of carbonyl (C=O) groups is 1. The van der Waals surface area contributed by atoms with Gasteiger partial charge in [-0.05, 0) is 18.2 Å². The van der Waals surface area contributed by atoms with Crippen molar-refractivity contribution in [2.45, 2.75) is 6.18 Å². The van der Waals surface area contributed by atoms with Gasteiger partial charge in [-0.25, -0.2) is 0 Å². The molecule has 1 aromatic carbocycles. The van der Waals surface area contributed by atoms with E-state index in [0.29, 0.717) is 5.02 Å². The predicted octanol–water partition coefficient (Wildman–Crippen LogP) is 3.05. The number of alkyl halides is 3. The molecule has 0 aromatic heterocycles. The number of hydrogen-bond donors (Lipinski definition) is 1. The molecule has 0 atom stereocenters. The van der Waals surface area contributed by atoms with Gasteiger partial charge in [0.05, 0.1) is 11.6 Å². The predicted molar refractivity (Wildman–Crippen MR) is 61.0 cm³/mol. The summed E-state index contributed by atoms with van der Waals surface area (Å²) in [5.41, 5.74) is 0. The van der Waals surface area contributed by atoms with Crippen LogP contribution in [0.3, 0.4) is 0 Å². The molecule has 1 rings (SSSR count). The molecule has 1 N–H and O–H groups in total. The number of carbonyl (C=O) groups excluding carboxylic acids is 1. The lowest BCUT2D eigenvalue weighted by Crippen LogP contribution is -2.38. The molecule has 3 nitrogen and oxygen atoms in total. The summed E-state index contributed by atoms with van der Waals surface area (Å²) in [4.78, 5) is 10.5. The number of ether oxygens (including phenoxy) is 1. The molecule has 0 radical (unpaired) electrons. The van der Waals surface area contributed by atoms with Crippen LogP contribution >= 0.6 is 23.2 Å². The van der Waals surface area contributed by atoms with Crippen molar-refractivity contribution in [3.63, 3.8) is 0 Å². The Morgan fingerprint density at radius 3 is 2.56 bits per heavy atom. The monoisotopic (exact) mass is 301 g/mol. The first kappa shape index (κ1) is 14.9. The third-order valence-corrected chi connectivity index (χ3v) is 2.33. The van der Waals surface area contributed by atoms with Gasteiger partial charge in [0.1, 0.15) is 12.4 Å². The standard InChI is InChI=1S/C10H8Cl2F3NO2/c11-6-1-2-8(7(12)5-6)18-4-3-16-9(17)10(13,14)15/h1-2,5H,3-4H2,(H,16,17). The van der Waals surface area contributed by atoms with Crippen molar-refractivity contribution >= 4 is 29.1 Å². The Kier molecular flexibility index (Phi) is 5.10. The lowest BCUT2D eigenvalue weighted by atomic mass is 10.3. The SMILES string of the molecule is O=C(NCCOc1ccc(Cl)cc1Cl)C(F)(F)F. The van der Waals surface area contributed by atoms with Gasteiger partial charge in [0, 0.05) is 5.02 Å². The molecule has 0 fully saturated rings. The second-order valence-corrected chi connectivity index (χ2v) is 4.02. The van der Waals surface area contributed by atoms with Crippen LogP contribution in [0.5, 0.6) is 5.75 Å². The lowest BCUT2D eigenvalue weighted by molar-refractivity contribution is -0.173. The maximum Gasteiger partial charge on any atom is 0.471 e. The first-order chi connectivity index (χ1) is 8.30. The van der Waals surface area contributed by atoms with Crippen LogP contribution in [0.2, 0.25) is 10.0 Å². The molecule has 0 saturated heterocycles. The van der Waals surface area contributed by atoms with Crippen molar-refractivity contribution < 1.29 is 22.7 Å². The van der Waals surface area contributed by atoms with Crippen LogP contribution in [0, 0.1) is 0 Å². The van der Waals surface area contributed by atoms with Gasteiger partial charge in [-0.1, -0.05) is 23.2 Å². The van der Waals surface area contributed by atoms with Crippen molar-refractivity contribution in [2.75, 3.05) is 13.2 Å². The van der Waals surface area contributed by atoms with Crippen LogP contribution in [0.1, 0.15) is 0 Å². The fraction of sp³-hybridized carbons (Fsp3) is 0.300. The Morgan fingerprint density at radius 2 is 2.00 bits per heavy atom. The molecule has 1 amide bonds. The van der Waals surface area contributed by atoms with Crippen molar-refractivity contribution in [3.8, 4) is 5.75 Å². The number of rotatable bonds is 4. The van der Waals surface area contributed by atoms with Gasteiger partial charge in [0.25, 0.3) is 0 Å². The summed E-state index contributed by atoms with van der Waals surface area (Å²) in [6.45, 7) is -0.416. The first-order valence-electron chi connectivity index (χ1n) is 4.73. The Bertz CT molecular complexity index is 438. The van der Waals surface area contributed by atoms with Gasteiger partial charge in [0.2, 0.25) is 0 Å². The highest BCUT2D eigenvalue weighted by Gasteiger charge is 2.38. The maximum absolute atomic E-state index is 11.8. The minimum absolute atomic E-state index is 0.136. The molecule has 0 aliphatic rings. The summed E-state index contributed by atoms with van der Waals surface area (Å²) in [6.07, 6.45) is -4.89. The Hall–Kier alpha value is -1.14. The molecule has 100 valence electrons. The van der Waals surface area contributed by atoms with Crippen molar-refractivity contribution in [3.05, 3.63) is 28.2 Å². The first-order valence-corrected chi connectivity index (χ1v) is 5.49. The lowest BCUT2D eigenvalue weighted by Gasteiger charge is -2.10. The molecule has 0 bridgehead atoms. The van der Waals surface area contributed by atoms with Gasteiger partial charge in [-0.2, -0.15) is 13.2 Å². The fourth-order valence-corrected chi connectivity index (χ4v) is 1.48. The van der Waals surface area contributed by atoms with E-state index in [1.54, 1.807) is 5.32 Å². The van der Waals surface area contributed by atoms with Crippen LogP contribution in [0.15, 0.2) is 18.2 Å². The Morgan fingerprint density at radius 1 is 1.33 bits per heavy atom. The van der Waals surface area contributed by atoms with E-state index in [9.17, 15) is 18.0 Å². The summed E-state index contributed by atoms with van der Waals surface area (Å²) in [5.74, 6) is -1.73. The average Bonchev–Trinajstić information content (AvgIpc) is 2.25. The van der Waals surface area contributed by atoms with Crippen molar-refractivity contribution in [2.24, 2.45) is 0 Å². The topological polar surface area (TPSA) is 38.3 Å². The number of halogens is 5. The van der Waals surface area contributed by atoms with Crippen LogP contribution in [-0.2, 0) is 4.79 Å². The van der Waals surface area contributed by atoms with Crippen LogP contribution in [0.4, 0.5) is 13.2 Å². The third-order valence-electron chi connectivity index (χ3n) is 1.80. The highest BCUT2D eigenvalue weighted by Crippen LogP contribution is 2.27. The summed E-state index contributed by atoms with van der Waals surface area (Å²) in [6, 6.07) is 4.44. The van der Waals surface area contributed by atoms with Gasteiger partial charge in [-0.3, -0.25) is 4.79 Å². The zero-order chi connectivity index (χ0) is 13.8. The van der Waals surface area contributed by atoms with E-state index in [-0.39, 0.29) is 23.9 Å². The zero-order valence-corrected chi connectivity index (χ0v) is 10.4. The molecule has 0 saturated carbocycles. The summed E-state index contributed by atoms with van der Waals surface area (Å²) in [5, 5.41) is 2.32. The summed E-state index contributed by atoms with van der Waals surface area (Å²) in [7, 11) is 0. The number of benzene rings is 1.